The zero-order valence-corrected chi connectivity index (χ0v) is 20.6. The lowest BCUT2D eigenvalue weighted by Gasteiger charge is -2.16. The van der Waals surface area contributed by atoms with Crippen molar-refractivity contribution in [1.82, 2.24) is 10.7 Å². The quantitative estimate of drug-likeness (QED) is 0.248. The normalized spacial score (nSPS) is 12.6. The van der Waals surface area contributed by atoms with Crippen molar-refractivity contribution in [2.45, 2.75) is 32.6 Å². The fraction of sp³-hybridized carbons (Fsp3) is 0.286. The van der Waals surface area contributed by atoms with Crippen LogP contribution in [-0.2, 0) is 27.2 Å². The van der Waals surface area contributed by atoms with E-state index in [-0.39, 0.29) is 13.2 Å². The van der Waals surface area contributed by atoms with E-state index in [0.717, 1.165) is 12.8 Å². The Morgan fingerprint density at radius 1 is 1.00 bits per heavy atom. The van der Waals surface area contributed by atoms with Gasteiger partial charge in [0.1, 0.15) is 17.3 Å². The van der Waals surface area contributed by atoms with Crippen LogP contribution < -0.4 is 15.5 Å². The Balaban J connectivity index is 1.20. The summed E-state index contributed by atoms with van der Waals surface area (Å²) in [5.74, 6) is 0.280. The summed E-state index contributed by atoms with van der Waals surface area (Å²) < 4.78 is 16.3. The van der Waals surface area contributed by atoms with Crippen LogP contribution in [0.2, 0.25) is 0 Å². The first-order chi connectivity index (χ1) is 18.0. The number of ether oxygens (including phenoxy) is 2. The number of furan rings is 1. The minimum atomic E-state index is -0.493. The molecule has 0 unspecified atom stereocenters. The summed E-state index contributed by atoms with van der Waals surface area (Å²) in [5.41, 5.74) is 6.08. The molecular weight excluding hydrogens is 474 g/mol. The minimum absolute atomic E-state index is 0.179. The number of hydrogen-bond donors (Lipinski definition) is 2. The van der Waals surface area contributed by atoms with Crippen LogP contribution in [0.15, 0.2) is 64.1 Å². The first-order valence-corrected chi connectivity index (χ1v) is 12.2. The molecule has 0 fully saturated rings. The van der Waals surface area contributed by atoms with E-state index in [1.54, 1.807) is 37.3 Å². The molecule has 1 heterocycles. The maximum atomic E-state index is 12.0. The molecule has 1 aliphatic rings. The molecule has 2 amide bonds. The average Bonchev–Trinajstić information content (AvgIpc) is 3.40. The van der Waals surface area contributed by atoms with E-state index in [9.17, 15) is 14.4 Å². The summed E-state index contributed by atoms with van der Waals surface area (Å²) >= 11 is 0. The second kappa shape index (κ2) is 12.5. The monoisotopic (exact) mass is 503 g/mol. The molecule has 37 heavy (non-hydrogen) atoms. The molecule has 9 nitrogen and oxygen atoms in total. The van der Waals surface area contributed by atoms with Gasteiger partial charge in [0.05, 0.1) is 24.9 Å². The van der Waals surface area contributed by atoms with Gasteiger partial charge in [-0.2, -0.15) is 5.10 Å². The van der Waals surface area contributed by atoms with Crippen LogP contribution in [0, 0.1) is 0 Å². The Labute approximate surface area is 214 Å². The second-order valence-corrected chi connectivity index (χ2v) is 8.50. The highest BCUT2D eigenvalue weighted by Gasteiger charge is 2.12. The molecule has 0 saturated carbocycles. The van der Waals surface area contributed by atoms with Crippen LogP contribution >= 0.6 is 0 Å². The molecule has 3 aromatic rings. The smallest absolute Gasteiger partial charge is 0.338 e. The fourth-order valence-corrected chi connectivity index (χ4v) is 3.98. The lowest BCUT2D eigenvalue weighted by Crippen LogP contribution is -2.37. The van der Waals surface area contributed by atoms with Gasteiger partial charge in [0.15, 0.2) is 6.61 Å². The molecule has 0 saturated heterocycles. The molecular formula is C28H29N3O6. The van der Waals surface area contributed by atoms with Crippen molar-refractivity contribution in [3.8, 4) is 17.1 Å². The largest absolute Gasteiger partial charge is 0.484 e. The van der Waals surface area contributed by atoms with Crippen molar-refractivity contribution >= 4 is 24.0 Å². The number of nitrogens with one attached hydrogen (secondary N) is 2. The third-order valence-electron chi connectivity index (χ3n) is 5.80. The van der Waals surface area contributed by atoms with Crippen molar-refractivity contribution in [1.29, 1.82) is 0 Å². The predicted molar refractivity (Wildman–Crippen MR) is 137 cm³/mol. The lowest BCUT2D eigenvalue weighted by atomic mass is 9.92. The van der Waals surface area contributed by atoms with E-state index < -0.39 is 17.8 Å². The van der Waals surface area contributed by atoms with Gasteiger partial charge in [0.2, 0.25) is 0 Å². The van der Waals surface area contributed by atoms with Crippen LogP contribution in [-0.4, -0.2) is 43.8 Å². The van der Waals surface area contributed by atoms with E-state index in [4.69, 9.17) is 13.9 Å². The highest BCUT2D eigenvalue weighted by atomic mass is 16.5. The maximum absolute atomic E-state index is 12.0. The average molecular weight is 504 g/mol. The Hall–Kier alpha value is -4.40. The highest BCUT2D eigenvalue weighted by Crippen LogP contribution is 2.25. The molecule has 9 heteroatoms. The molecule has 0 atom stereocenters. The van der Waals surface area contributed by atoms with Gasteiger partial charge >= 0.3 is 5.97 Å². The molecule has 2 aromatic carbocycles. The molecule has 0 spiro atoms. The zero-order valence-electron chi connectivity index (χ0n) is 20.6. The van der Waals surface area contributed by atoms with Crippen molar-refractivity contribution < 1.29 is 28.3 Å². The van der Waals surface area contributed by atoms with Gasteiger partial charge in [0.25, 0.3) is 11.8 Å². The van der Waals surface area contributed by atoms with Gasteiger partial charge in [0, 0.05) is 5.56 Å². The van der Waals surface area contributed by atoms with E-state index in [1.165, 1.54) is 30.2 Å². The zero-order chi connectivity index (χ0) is 26.0. The van der Waals surface area contributed by atoms with Gasteiger partial charge in [-0.15, -0.1) is 0 Å². The SMILES string of the molecule is CCOC(=O)c1cccc(-c2ccc(/C=N\NC(=O)CNC(=O)COc3ccc4c(c3)CCCC4)o2)c1. The summed E-state index contributed by atoms with van der Waals surface area (Å²) in [5, 5.41) is 6.36. The van der Waals surface area contributed by atoms with Gasteiger partial charge in [-0.1, -0.05) is 18.2 Å². The second-order valence-electron chi connectivity index (χ2n) is 8.50. The molecule has 192 valence electrons. The summed E-state index contributed by atoms with van der Waals surface area (Å²) in [6.07, 6.45) is 5.83. The topological polar surface area (TPSA) is 119 Å². The number of hydrogen-bond acceptors (Lipinski definition) is 7. The van der Waals surface area contributed by atoms with Crippen LogP contribution in [0.3, 0.4) is 0 Å². The van der Waals surface area contributed by atoms with E-state index in [0.29, 0.717) is 35.0 Å². The number of amides is 2. The maximum Gasteiger partial charge on any atom is 0.338 e. The van der Waals surface area contributed by atoms with E-state index in [1.807, 2.05) is 18.2 Å². The molecule has 0 radical (unpaired) electrons. The van der Waals surface area contributed by atoms with Gasteiger partial charge in [-0.25, -0.2) is 10.2 Å². The summed E-state index contributed by atoms with van der Waals surface area (Å²) in [6, 6.07) is 16.2. The minimum Gasteiger partial charge on any atom is -0.484 e. The molecule has 1 aromatic heterocycles. The summed E-state index contributed by atoms with van der Waals surface area (Å²) in [7, 11) is 0. The standard InChI is InChI=1S/C28H29N3O6/c1-2-35-28(34)22-9-5-8-21(14-22)25-13-12-24(37-25)16-30-31-26(32)17-29-27(33)18-36-23-11-10-19-6-3-4-7-20(19)15-23/h5,8-16H,2-4,6-7,17-18H2,1H3,(H,29,33)(H,31,32)/b30-16-. The van der Waals surface area contributed by atoms with Crippen LogP contribution in [0.5, 0.6) is 5.75 Å². The highest BCUT2D eigenvalue weighted by molar-refractivity contribution is 5.91. The molecule has 0 aliphatic heterocycles. The van der Waals surface area contributed by atoms with E-state index in [2.05, 4.69) is 21.9 Å². The first-order valence-electron chi connectivity index (χ1n) is 12.2. The van der Waals surface area contributed by atoms with Gasteiger partial charge < -0.3 is 19.2 Å². The Kier molecular flexibility index (Phi) is 8.70. The molecule has 1 aliphatic carbocycles. The fourth-order valence-electron chi connectivity index (χ4n) is 3.98. The third-order valence-corrected chi connectivity index (χ3v) is 5.80. The Morgan fingerprint density at radius 2 is 1.84 bits per heavy atom. The van der Waals surface area contributed by atoms with Crippen molar-refractivity contribution in [2.24, 2.45) is 5.10 Å². The number of nitrogens with zero attached hydrogens (tertiary/aromatic N) is 1. The van der Waals surface area contributed by atoms with Gasteiger partial charge in [-0.3, -0.25) is 9.59 Å². The Morgan fingerprint density at radius 3 is 2.68 bits per heavy atom. The number of esters is 1. The van der Waals surface area contributed by atoms with Crippen molar-refractivity contribution in [3.05, 3.63) is 77.0 Å². The summed E-state index contributed by atoms with van der Waals surface area (Å²) in [4.78, 5) is 36.0. The third kappa shape index (κ3) is 7.30. The molecule has 2 N–H and O–H groups in total. The molecule has 0 bridgehead atoms. The number of carbonyl (C=O) groups excluding carboxylic acids is 3. The van der Waals surface area contributed by atoms with E-state index >= 15 is 0 Å². The first kappa shape index (κ1) is 25.7. The number of hydrazone groups is 1. The van der Waals surface area contributed by atoms with Crippen molar-refractivity contribution in [2.75, 3.05) is 19.8 Å². The van der Waals surface area contributed by atoms with Crippen LogP contribution in [0.4, 0.5) is 0 Å². The number of aryl methyl sites for hydroxylation is 2. The number of rotatable bonds is 10. The van der Waals surface area contributed by atoms with Crippen LogP contribution in [0.1, 0.15) is 47.0 Å². The van der Waals surface area contributed by atoms with Crippen molar-refractivity contribution in [3.63, 3.8) is 0 Å². The molecule has 4 rings (SSSR count). The van der Waals surface area contributed by atoms with Crippen LogP contribution in [0.25, 0.3) is 11.3 Å². The summed E-state index contributed by atoms with van der Waals surface area (Å²) in [6.45, 7) is 1.62. The number of fused-ring (bicyclic) bond motifs is 1. The predicted octanol–water partition coefficient (Wildman–Crippen LogP) is 3.65. The lowest BCUT2D eigenvalue weighted by molar-refractivity contribution is -0.127. The number of benzene rings is 2. The Bertz CT molecular complexity index is 1300. The van der Waals surface area contributed by atoms with Gasteiger partial charge in [-0.05, 0) is 80.1 Å². The number of carbonyl (C=O) groups is 3.